The molecule has 0 saturated heterocycles. The number of pyridine rings is 1. The largest absolute Gasteiger partial charge is 0.497 e. The molecule has 1 atom stereocenters. The summed E-state index contributed by atoms with van der Waals surface area (Å²) in [5.74, 6) is 0.621. The van der Waals surface area contributed by atoms with Gasteiger partial charge in [0.2, 0.25) is 0 Å². The summed E-state index contributed by atoms with van der Waals surface area (Å²) in [7, 11) is 1.61. The molecule has 5 rings (SSSR count). The van der Waals surface area contributed by atoms with Gasteiger partial charge in [-0.2, -0.15) is 0 Å². The van der Waals surface area contributed by atoms with E-state index >= 15 is 0 Å². The van der Waals surface area contributed by atoms with Gasteiger partial charge in [0.05, 0.1) is 18.2 Å². The lowest BCUT2D eigenvalue weighted by Crippen LogP contribution is -2.43. The number of nitrogens with zero attached hydrogens (tertiary/aromatic N) is 2. The standard InChI is InChI=1S/C24H18ClN3O2/c1-30-17-12-11-15-13-19(22(25)26-21(15)14-17)23-27-20-10-6-5-9-18(20)24(29)28(23)16-7-3-2-4-8-16/h2-14,23,27H,1H3. The number of methoxy groups -OCH3 is 1. The minimum atomic E-state index is -0.499. The van der Waals surface area contributed by atoms with E-state index < -0.39 is 6.17 Å². The first-order chi connectivity index (χ1) is 14.7. The number of anilines is 2. The number of halogens is 1. The van der Waals surface area contributed by atoms with Crippen LogP contribution in [0, 0.1) is 0 Å². The highest BCUT2D eigenvalue weighted by atomic mass is 35.5. The Morgan fingerprint density at radius 2 is 1.77 bits per heavy atom. The smallest absolute Gasteiger partial charge is 0.262 e. The van der Waals surface area contributed by atoms with Gasteiger partial charge in [0, 0.05) is 28.4 Å². The first-order valence-corrected chi connectivity index (χ1v) is 9.92. The summed E-state index contributed by atoms with van der Waals surface area (Å²) in [4.78, 5) is 19.8. The molecule has 1 aliphatic rings. The highest BCUT2D eigenvalue weighted by molar-refractivity contribution is 6.31. The van der Waals surface area contributed by atoms with Crippen LogP contribution in [0.1, 0.15) is 22.1 Å². The summed E-state index contributed by atoms with van der Waals surface area (Å²) >= 11 is 6.63. The van der Waals surface area contributed by atoms with Crippen molar-refractivity contribution in [3.63, 3.8) is 0 Å². The molecule has 148 valence electrons. The lowest BCUT2D eigenvalue weighted by Gasteiger charge is -2.38. The topological polar surface area (TPSA) is 54.5 Å². The fourth-order valence-corrected chi connectivity index (χ4v) is 4.03. The normalized spacial score (nSPS) is 15.6. The number of hydrogen-bond acceptors (Lipinski definition) is 4. The van der Waals surface area contributed by atoms with Crippen LogP contribution in [-0.2, 0) is 0 Å². The van der Waals surface area contributed by atoms with E-state index in [0.717, 1.165) is 27.8 Å². The van der Waals surface area contributed by atoms with Crippen molar-refractivity contribution in [1.29, 1.82) is 0 Å². The Morgan fingerprint density at radius 3 is 2.57 bits per heavy atom. The minimum Gasteiger partial charge on any atom is -0.497 e. The van der Waals surface area contributed by atoms with Gasteiger partial charge in [-0.1, -0.05) is 41.9 Å². The van der Waals surface area contributed by atoms with Crippen molar-refractivity contribution >= 4 is 39.8 Å². The van der Waals surface area contributed by atoms with Gasteiger partial charge < -0.3 is 10.1 Å². The molecule has 5 nitrogen and oxygen atoms in total. The Labute approximate surface area is 178 Å². The molecule has 0 aliphatic carbocycles. The van der Waals surface area contributed by atoms with Crippen molar-refractivity contribution in [2.24, 2.45) is 0 Å². The summed E-state index contributed by atoms with van der Waals surface area (Å²) in [6.07, 6.45) is -0.499. The molecular formula is C24H18ClN3O2. The predicted octanol–water partition coefficient (Wildman–Crippen LogP) is 5.67. The lowest BCUT2D eigenvalue weighted by atomic mass is 10.0. The fourth-order valence-electron chi connectivity index (χ4n) is 3.78. The summed E-state index contributed by atoms with van der Waals surface area (Å²) in [6, 6.07) is 24.7. The van der Waals surface area contributed by atoms with Crippen molar-refractivity contribution < 1.29 is 9.53 Å². The summed E-state index contributed by atoms with van der Waals surface area (Å²) < 4.78 is 5.29. The van der Waals surface area contributed by atoms with Crippen molar-refractivity contribution in [1.82, 2.24) is 4.98 Å². The number of nitrogens with one attached hydrogen (secondary N) is 1. The van der Waals surface area contributed by atoms with Crippen molar-refractivity contribution in [3.05, 3.63) is 95.1 Å². The molecule has 3 aromatic carbocycles. The number of carbonyl (C=O) groups is 1. The zero-order chi connectivity index (χ0) is 20.7. The SMILES string of the molecule is COc1ccc2cc(C3Nc4ccccc4C(=O)N3c3ccccc3)c(Cl)nc2c1. The Hall–Kier alpha value is -3.57. The van der Waals surface area contributed by atoms with Gasteiger partial charge >= 0.3 is 0 Å². The van der Waals surface area contributed by atoms with Gasteiger partial charge in [0.25, 0.3) is 5.91 Å². The number of hydrogen-bond donors (Lipinski definition) is 1. The van der Waals surface area contributed by atoms with Crippen LogP contribution in [0.15, 0.2) is 78.9 Å². The molecular weight excluding hydrogens is 398 g/mol. The van der Waals surface area contributed by atoms with Gasteiger partial charge in [0.1, 0.15) is 17.1 Å². The van der Waals surface area contributed by atoms with Crippen LogP contribution in [0.5, 0.6) is 5.75 Å². The van der Waals surface area contributed by atoms with E-state index in [1.807, 2.05) is 78.9 Å². The molecule has 2 heterocycles. The third-order valence-corrected chi connectivity index (χ3v) is 5.56. The van der Waals surface area contributed by atoms with Crippen molar-refractivity contribution in [2.45, 2.75) is 6.17 Å². The first kappa shape index (κ1) is 18.5. The minimum absolute atomic E-state index is 0.0913. The second kappa shape index (κ2) is 7.35. The lowest BCUT2D eigenvalue weighted by molar-refractivity contribution is 0.0975. The van der Waals surface area contributed by atoms with E-state index in [1.54, 1.807) is 12.0 Å². The van der Waals surface area contributed by atoms with E-state index in [-0.39, 0.29) is 5.91 Å². The third kappa shape index (κ3) is 3.04. The van der Waals surface area contributed by atoms with Crippen LogP contribution in [0.25, 0.3) is 10.9 Å². The van der Waals surface area contributed by atoms with Crippen LogP contribution in [0.2, 0.25) is 5.15 Å². The van der Waals surface area contributed by atoms with Crippen LogP contribution in [0.3, 0.4) is 0 Å². The highest BCUT2D eigenvalue weighted by Gasteiger charge is 2.35. The average Bonchev–Trinajstić information content (AvgIpc) is 2.78. The van der Waals surface area contributed by atoms with Gasteiger partial charge in [0.15, 0.2) is 0 Å². The van der Waals surface area contributed by atoms with E-state index in [2.05, 4.69) is 10.3 Å². The number of rotatable bonds is 3. The third-order valence-electron chi connectivity index (χ3n) is 5.26. The maximum absolute atomic E-state index is 13.5. The quantitative estimate of drug-likeness (QED) is 0.438. The second-order valence-electron chi connectivity index (χ2n) is 7.03. The maximum Gasteiger partial charge on any atom is 0.262 e. The second-order valence-corrected chi connectivity index (χ2v) is 7.39. The molecule has 0 spiro atoms. The first-order valence-electron chi connectivity index (χ1n) is 9.54. The van der Waals surface area contributed by atoms with E-state index in [0.29, 0.717) is 16.5 Å². The summed E-state index contributed by atoms with van der Waals surface area (Å²) in [5.41, 5.74) is 3.62. The van der Waals surface area contributed by atoms with Crippen molar-refractivity contribution in [3.8, 4) is 5.75 Å². The van der Waals surface area contributed by atoms with Crippen LogP contribution >= 0.6 is 11.6 Å². The van der Waals surface area contributed by atoms with Crippen molar-refractivity contribution in [2.75, 3.05) is 17.3 Å². The van der Waals surface area contributed by atoms with Crippen LogP contribution in [-0.4, -0.2) is 18.0 Å². The fraction of sp³-hybridized carbons (Fsp3) is 0.0833. The zero-order valence-electron chi connectivity index (χ0n) is 16.2. The predicted molar refractivity (Wildman–Crippen MR) is 119 cm³/mol. The Kier molecular flexibility index (Phi) is 4.52. The number of benzene rings is 3. The van der Waals surface area contributed by atoms with Crippen LogP contribution < -0.4 is 15.0 Å². The maximum atomic E-state index is 13.5. The summed E-state index contributed by atoms with van der Waals surface area (Å²) in [5, 5.41) is 4.72. The molecule has 30 heavy (non-hydrogen) atoms. The monoisotopic (exact) mass is 415 g/mol. The molecule has 6 heteroatoms. The summed E-state index contributed by atoms with van der Waals surface area (Å²) in [6.45, 7) is 0. The molecule has 0 radical (unpaired) electrons. The van der Waals surface area contributed by atoms with Gasteiger partial charge in [-0.05, 0) is 42.5 Å². The Balaban J connectivity index is 1.69. The number of aromatic nitrogens is 1. The zero-order valence-corrected chi connectivity index (χ0v) is 16.9. The molecule has 0 fully saturated rings. The molecule has 1 amide bonds. The number of para-hydroxylation sites is 2. The molecule has 0 bridgehead atoms. The molecule has 0 saturated carbocycles. The van der Waals surface area contributed by atoms with Crippen LogP contribution in [0.4, 0.5) is 11.4 Å². The Bertz CT molecular complexity index is 1260. The van der Waals surface area contributed by atoms with E-state index in [1.165, 1.54) is 0 Å². The number of ether oxygens (including phenoxy) is 1. The molecule has 1 N–H and O–H groups in total. The molecule has 1 aromatic heterocycles. The molecule has 4 aromatic rings. The van der Waals surface area contributed by atoms with E-state index in [9.17, 15) is 4.79 Å². The number of carbonyl (C=O) groups excluding carboxylic acids is 1. The highest BCUT2D eigenvalue weighted by Crippen LogP contribution is 2.39. The Morgan fingerprint density at radius 1 is 1.00 bits per heavy atom. The van der Waals surface area contributed by atoms with Gasteiger partial charge in [-0.25, -0.2) is 4.98 Å². The van der Waals surface area contributed by atoms with Gasteiger partial charge in [-0.3, -0.25) is 9.69 Å². The molecule has 1 unspecified atom stereocenters. The van der Waals surface area contributed by atoms with E-state index in [4.69, 9.17) is 16.3 Å². The number of amides is 1. The average molecular weight is 416 g/mol. The molecule has 1 aliphatic heterocycles. The number of fused-ring (bicyclic) bond motifs is 2. The van der Waals surface area contributed by atoms with Gasteiger partial charge in [-0.15, -0.1) is 0 Å².